The molecule has 0 unspecified atom stereocenters. The number of rotatable bonds is 5. The van der Waals surface area contributed by atoms with Crippen LogP contribution in [0.2, 0.25) is 0 Å². The Kier molecular flexibility index (Phi) is 5.79. The summed E-state index contributed by atoms with van der Waals surface area (Å²) >= 11 is 0. The fraction of sp³-hybridized carbons (Fsp3) is 0.357. The van der Waals surface area contributed by atoms with Gasteiger partial charge in [-0.25, -0.2) is 6.57 Å². The standard InChI is InChI=1S/C28H29N5O3/c1-17(2)13-23(32(4)25(34)22-14-18-9-5-7-11-20(18)30-22)26(35)33-16-28(15-24(33)29-3)19-10-6-8-12-21(19)31-27(28)36/h5-12,14,17,23-24,30H,13,15-16H2,1-2,4H3,(H,31,36)/t23-,24-,28-/m0/s1. The number of hydrogen-bond donors (Lipinski definition) is 2. The summed E-state index contributed by atoms with van der Waals surface area (Å²) in [6, 6.07) is 16.1. The van der Waals surface area contributed by atoms with Crippen molar-refractivity contribution in [3.8, 4) is 0 Å². The number of nitrogens with zero attached hydrogens (tertiary/aromatic N) is 3. The first-order valence-electron chi connectivity index (χ1n) is 12.2. The lowest BCUT2D eigenvalue weighted by Crippen LogP contribution is -2.51. The SMILES string of the molecule is [C-]#[N+][C@@H]1C[C@@]2(CN1C(=O)[C@H](CC(C)C)N(C)C(=O)c1cc3ccccc3[nH]1)C(=O)Nc1ccccc12. The normalized spacial score (nSPS) is 21.5. The molecule has 0 radical (unpaired) electrons. The van der Waals surface area contributed by atoms with Gasteiger partial charge in [-0.3, -0.25) is 24.1 Å². The number of likely N-dealkylation sites (tertiary alicyclic amines) is 1. The minimum Gasteiger partial charge on any atom is -0.351 e. The second kappa shape index (κ2) is 8.83. The van der Waals surface area contributed by atoms with Crippen molar-refractivity contribution < 1.29 is 14.4 Å². The second-order valence-electron chi connectivity index (χ2n) is 10.2. The highest BCUT2D eigenvalue weighted by molar-refractivity contribution is 6.07. The zero-order valence-corrected chi connectivity index (χ0v) is 20.6. The fourth-order valence-corrected chi connectivity index (χ4v) is 5.54. The molecule has 0 aliphatic carbocycles. The van der Waals surface area contributed by atoms with Crippen LogP contribution in [-0.2, 0) is 15.0 Å². The van der Waals surface area contributed by atoms with Gasteiger partial charge < -0.3 is 15.2 Å². The molecule has 8 heteroatoms. The number of carbonyl (C=O) groups is 3. The maximum Gasteiger partial charge on any atom is 0.302 e. The van der Waals surface area contributed by atoms with Crippen molar-refractivity contribution >= 4 is 34.3 Å². The van der Waals surface area contributed by atoms with Gasteiger partial charge in [-0.2, -0.15) is 0 Å². The number of likely N-dealkylation sites (N-methyl/N-ethyl adjacent to an activating group) is 1. The van der Waals surface area contributed by atoms with Crippen LogP contribution in [0, 0.1) is 12.5 Å². The largest absolute Gasteiger partial charge is 0.351 e. The highest BCUT2D eigenvalue weighted by Gasteiger charge is 2.59. The molecule has 2 aromatic carbocycles. The van der Waals surface area contributed by atoms with Gasteiger partial charge >= 0.3 is 6.17 Å². The van der Waals surface area contributed by atoms with Gasteiger partial charge in [-0.05, 0) is 36.1 Å². The van der Waals surface area contributed by atoms with Crippen molar-refractivity contribution in [1.29, 1.82) is 0 Å². The summed E-state index contributed by atoms with van der Waals surface area (Å²) in [5.74, 6) is -0.640. The third-order valence-electron chi connectivity index (χ3n) is 7.42. The number of carbonyl (C=O) groups excluding carboxylic acids is 3. The average molecular weight is 484 g/mol. The van der Waals surface area contributed by atoms with E-state index in [4.69, 9.17) is 6.57 Å². The van der Waals surface area contributed by atoms with Gasteiger partial charge in [0.1, 0.15) is 17.2 Å². The lowest BCUT2D eigenvalue weighted by molar-refractivity contribution is -0.136. The molecule has 0 saturated carbocycles. The number of nitrogens with one attached hydrogen (secondary N) is 2. The molecule has 3 amide bonds. The van der Waals surface area contributed by atoms with E-state index in [1.54, 1.807) is 13.1 Å². The van der Waals surface area contributed by atoms with Crippen molar-refractivity contribution in [3.63, 3.8) is 0 Å². The molecule has 1 spiro atoms. The molecular formula is C28H29N5O3. The van der Waals surface area contributed by atoms with Gasteiger partial charge in [0.2, 0.25) is 5.91 Å². The maximum absolute atomic E-state index is 14.0. The minimum absolute atomic E-state index is 0.116. The summed E-state index contributed by atoms with van der Waals surface area (Å²) in [6.45, 7) is 11.9. The Morgan fingerprint density at radius 1 is 1.19 bits per heavy atom. The van der Waals surface area contributed by atoms with Gasteiger partial charge in [0.25, 0.3) is 11.8 Å². The van der Waals surface area contributed by atoms with Crippen LogP contribution in [0.3, 0.4) is 0 Å². The highest BCUT2D eigenvalue weighted by Crippen LogP contribution is 2.47. The quantitative estimate of drug-likeness (QED) is 0.537. The molecule has 2 aliphatic rings. The molecule has 0 bridgehead atoms. The molecule has 2 aliphatic heterocycles. The summed E-state index contributed by atoms with van der Waals surface area (Å²) in [7, 11) is 1.63. The van der Waals surface area contributed by atoms with Gasteiger partial charge in [-0.1, -0.05) is 50.2 Å². The summed E-state index contributed by atoms with van der Waals surface area (Å²) in [6.07, 6.45) is -0.0991. The van der Waals surface area contributed by atoms with Gasteiger partial charge in [0.05, 0.1) is 6.42 Å². The number of aromatic amines is 1. The second-order valence-corrected chi connectivity index (χ2v) is 10.2. The van der Waals surface area contributed by atoms with E-state index in [9.17, 15) is 14.4 Å². The van der Waals surface area contributed by atoms with Crippen LogP contribution in [0.15, 0.2) is 54.6 Å². The Labute approximate surface area is 210 Å². The van der Waals surface area contributed by atoms with E-state index < -0.39 is 17.6 Å². The van der Waals surface area contributed by atoms with E-state index in [0.717, 1.165) is 22.2 Å². The van der Waals surface area contributed by atoms with E-state index in [2.05, 4.69) is 15.1 Å². The van der Waals surface area contributed by atoms with Gasteiger partial charge in [-0.15, -0.1) is 0 Å². The molecule has 184 valence electrons. The number of amides is 3. The summed E-state index contributed by atoms with van der Waals surface area (Å²) < 4.78 is 0. The number of para-hydroxylation sites is 2. The Hall–Kier alpha value is -4.12. The molecule has 3 heterocycles. The number of fused-ring (bicyclic) bond motifs is 3. The van der Waals surface area contributed by atoms with E-state index >= 15 is 0 Å². The molecule has 1 aromatic heterocycles. The first-order chi connectivity index (χ1) is 17.2. The van der Waals surface area contributed by atoms with Gasteiger partial charge in [0, 0.05) is 30.2 Å². The summed E-state index contributed by atoms with van der Waals surface area (Å²) in [5, 5.41) is 3.84. The van der Waals surface area contributed by atoms with Gasteiger partial charge in [0.15, 0.2) is 0 Å². The smallest absolute Gasteiger partial charge is 0.302 e. The van der Waals surface area contributed by atoms with Crippen LogP contribution in [0.25, 0.3) is 15.7 Å². The first-order valence-corrected chi connectivity index (χ1v) is 12.2. The Balaban J connectivity index is 1.46. The summed E-state index contributed by atoms with van der Waals surface area (Å²) in [4.78, 5) is 50.5. The first kappa shape index (κ1) is 23.6. The maximum atomic E-state index is 14.0. The zero-order valence-electron chi connectivity index (χ0n) is 20.6. The molecule has 3 aromatic rings. The van der Waals surface area contributed by atoms with Crippen LogP contribution < -0.4 is 5.32 Å². The molecule has 36 heavy (non-hydrogen) atoms. The third-order valence-corrected chi connectivity index (χ3v) is 7.42. The Morgan fingerprint density at radius 2 is 1.92 bits per heavy atom. The van der Waals surface area contributed by atoms with Crippen molar-refractivity contribution in [3.05, 3.63) is 77.3 Å². The van der Waals surface area contributed by atoms with Crippen molar-refractivity contribution in [2.75, 3.05) is 18.9 Å². The predicted molar refractivity (Wildman–Crippen MR) is 137 cm³/mol. The Bertz CT molecular complexity index is 1370. The molecular weight excluding hydrogens is 454 g/mol. The molecule has 1 fully saturated rings. The Morgan fingerprint density at radius 3 is 2.64 bits per heavy atom. The lowest BCUT2D eigenvalue weighted by atomic mass is 9.80. The number of H-pyrrole nitrogens is 1. The molecule has 8 nitrogen and oxygen atoms in total. The molecule has 5 rings (SSSR count). The van der Waals surface area contributed by atoms with Crippen LogP contribution >= 0.6 is 0 Å². The van der Waals surface area contributed by atoms with E-state index in [0.29, 0.717) is 12.1 Å². The predicted octanol–water partition coefficient (Wildman–Crippen LogP) is 4.02. The average Bonchev–Trinajstić information content (AvgIpc) is 3.55. The number of hydrogen-bond acceptors (Lipinski definition) is 3. The van der Waals surface area contributed by atoms with Crippen molar-refractivity contribution in [2.24, 2.45) is 5.92 Å². The van der Waals surface area contributed by atoms with Crippen LogP contribution in [0.5, 0.6) is 0 Å². The van der Waals surface area contributed by atoms with Crippen LogP contribution in [0.1, 0.15) is 42.7 Å². The lowest BCUT2D eigenvalue weighted by Gasteiger charge is -2.32. The molecule has 3 atom stereocenters. The minimum atomic E-state index is -0.955. The number of anilines is 1. The zero-order chi connectivity index (χ0) is 25.6. The van der Waals surface area contributed by atoms with Crippen LogP contribution in [-0.4, -0.2) is 58.3 Å². The topological polar surface area (TPSA) is 89.9 Å². The molecule has 2 N–H and O–H groups in total. The van der Waals surface area contributed by atoms with Crippen molar-refractivity contribution in [1.82, 2.24) is 14.8 Å². The van der Waals surface area contributed by atoms with E-state index in [1.807, 2.05) is 62.4 Å². The number of aromatic nitrogens is 1. The highest BCUT2D eigenvalue weighted by atomic mass is 16.2. The number of benzene rings is 2. The monoisotopic (exact) mass is 483 g/mol. The molecule has 1 saturated heterocycles. The third kappa shape index (κ3) is 3.72. The van der Waals surface area contributed by atoms with Crippen molar-refractivity contribution in [2.45, 2.75) is 44.3 Å². The van der Waals surface area contributed by atoms with Crippen LogP contribution in [0.4, 0.5) is 5.69 Å². The van der Waals surface area contributed by atoms with E-state index in [1.165, 1.54) is 9.80 Å². The fourth-order valence-electron chi connectivity index (χ4n) is 5.54. The van der Waals surface area contributed by atoms with E-state index in [-0.39, 0.29) is 36.6 Å². The summed E-state index contributed by atoms with van der Waals surface area (Å²) in [5.41, 5.74) is 1.85.